The summed E-state index contributed by atoms with van der Waals surface area (Å²) >= 11 is 0. The minimum absolute atomic E-state index is 0.0667. The highest BCUT2D eigenvalue weighted by atomic mass is 19.1. The van der Waals surface area contributed by atoms with Crippen molar-refractivity contribution in [2.75, 3.05) is 18.9 Å². The summed E-state index contributed by atoms with van der Waals surface area (Å²) in [6.07, 6.45) is 3.66. The maximum atomic E-state index is 13.6. The van der Waals surface area contributed by atoms with Crippen molar-refractivity contribution in [2.24, 2.45) is 0 Å². The number of halogens is 1. The third kappa shape index (κ3) is 3.56. The van der Waals surface area contributed by atoms with E-state index in [4.69, 9.17) is 15.0 Å². The highest BCUT2D eigenvalue weighted by molar-refractivity contribution is 5.95. The van der Waals surface area contributed by atoms with Gasteiger partial charge in [-0.1, -0.05) is 17.3 Å². The van der Waals surface area contributed by atoms with Crippen LogP contribution in [0.5, 0.6) is 0 Å². The van der Waals surface area contributed by atoms with Gasteiger partial charge in [0.15, 0.2) is 11.6 Å². The second kappa shape index (κ2) is 7.24. The lowest BCUT2D eigenvalue weighted by atomic mass is 10.0. The van der Waals surface area contributed by atoms with E-state index < -0.39 is 0 Å². The van der Waals surface area contributed by atoms with Crippen LogP contribution in [0, 0.1) is 5.82 Å². The Morgan fingerprint density at radius 2 is 2.26 bits per heavy atom. The minimum Gasteiger partial charge on any atom is -0.380 e. The number of hydrogen-bond donors (Lipinski definition) is 3. The van der Waals surface area contributed by atoms with Gasteiger partial charge in [-0.05, 0) is 36.6 Å². The number of ether oxygens (including phenoxy) is 1. The molecule has 4 N–H and O–H groups in total. The van der Waals surface area contributed by atoms with Crippen LogP contribution in [0.1, 0.15) is 23.3 Å². The van der Waals surface area contributed by atoms with Crippen LogP contribution in [0.3, 0.4) is 0 Å². The molecule has 1 aliphatic rings. The van der Waals surface area contributed by atoms with E-state index >= 15 is 0 Å². The van der Waals surface area contributed by atoms with Gasteiger partial charge in [0.2, 0.25) is 0 Å². The predicted octanol–water partition coefficient (Wildman–Crippen LogP) is 2.97. The second-order valence-corrected chi connectivity index (χ2v) is 6.43. The van der Waals surface area contributed by atoms with Crippen molar-refractivity contribution in [1.82, 2.24) is 15.5 Å². The Kier molecular flexibility index (Phi) is 4.64. The van der Waals surface area contributed by atoms with Gasteiger partial charge in [0.1, 0.15) is 11.5 Å². The Labute approximate surface area is 154 Å². The van der Waals surface area contributed by atoms with Crippen LogP contribution in [0.2, 0.25) is 0 Å². The number of nitrogens with one attached hydrogen (secondary N) is 2. The van der Waals surface area contributed by atoms with Crippen molar-refractivity contribution >= 4 is 11.7 Å². The predicted molar refractivity (Wildman–Crippen MR) is 97.4 cm³/mol. The molecular weight excluding hydrogens is 351 g/mol. The fraction of sp³-hybridized carbons (Fsp3) is 0.263. The summed E-state index contributed by atoms with van der Waals surface area (Å²) in [5, 5.41) is 6.64. The molecule has 140 valence electrons. The number of H-pyrrole nitrogens is 1. The van der Waals surface area contributed by atoms with Crippen LogP contribution >= 0.6 is 0 Å². The first kappa shape index (κ1) is 17.3. The molecule has 1 aromatic carbocycles. The number of aromatic amines is 1. The average Bonchev–Trinajstić information content (AvgIpc) is 3.40. The van der Waals surface area contributed by atoms with E-state index in [1.165, 1.54) is 12.1 Å². The number of hydrogen-bond acceptors (Lipinski definition) is 5. The SMILES string of the molecule is Nc1noc(-c2c[nH]c(C(=O)NCC3CCCO3)c2)c1-c1cccc(F)c1. The quantitative estimate of drug-likeness (QED) is 0.640. The lowest BCUT2D eigenvalue weighted by molar-refractivity contribution is 0.0854. The number of nitrogens with zero attached hydrogens (tertiary/aromatic N) is 1. The molecule has 0 saturated carbocycles. The highest BCUT2D eigenvalue weighted by Crippen LogP contribution is 2.37. The lowest BCUT2D eigenvalue weighted by Crippen LogP contribution is -2.31. The number of benzene rings is 1. The molecule has 0 spiro atoms. The zero-order valence-electron chi connectivity index (χ0n) is 14.5. The maximum absolute atomic E-state index is 13.6. The molecule has 8 heteroatoms. The number of aromatic nitrogens is 2. The molecule has 0 radical (unpaired) electrons. The molecule has 0 bridgehead atoms. The van der Waals surface area contributed by atoms with E-state index in [0.29, 0.717) is 34.7 Å². The van der Waals surface area contributed by atoms with E-state index in [1.807, 2.05) is 0 Å². The van der Waals surface area contributed by atoms with Gasteiger partial charge in [0.25, 0.3) is 5.91 Å². The van der Waals surface area contributed by atoms with Gasteiger partial charge in [-0.3, -0.25) is 4.79 Å². The topological polar surface area (TPSA) is 106 Å². The summed E-state index contributed by atoms with van der Waals surface area (Å²) in [4.78, 5) is 15.3. The summed E-state index contributed by atoms with van der Waals surface area (Å²) in [7, 11) is 0. The fourth-order valence-electron chi connectivity index (χ4n) is 3.19. The molecule has 27 heavy (non-hydrogen) atoms. The van der Waals surface area contributed by atoms with Crippen molar-refractivity contribution in [3.8, 4) is 22.5 Å². The summed E-state index contributed by atoms with van der Waals surface area (Å²) in [6.45, 7) is 1.21. The van der Waals surface area contributed by atoms with E-state index in [0.717, 1.165) is 19.4 Å². The standard InChI is InChI=1S/C19H19FN4O3/c20-13-4-1-3-11(7-13)16-17(27-24-18(16)21)12-8-15(22-9-12)19(25)23-10-14-5-2-6-26-14/h1,3-4,7-9,14,22H,2,5-6,10H2,(H2,21,24)(H,23,25). The first-order valence-corrected chi connectivity index (χ1v) is 8.71. The molecule has 0 aliphatic carbocycles. The summed E-state index contributed by atoms with van der Waals surface area (Å²) in [5.41, 5.74) is 7.93. The average molecular weight is 370 g/mol. The molecular formula is C19H19FN4O3. The Morgan fingerprint density at radius 3 is 3.04 bits per heavy atom. The van der Waals surface area contributed by atoms with Gasteiger partial charge in [-0.15, -0.1) is 0 Å². The van der Waals surface area contributed by atoms with Crippen molar-refractivity contribution in [3.63, 3.8) is 0 Å². The number of nitrogens with two attached hydrogens (primary N) is 1. The van der Waals surface area contributed by atoms with Crippen molar-refractivity contribution < 1.29 is 18.4 Å². The number of carbonyl (C=O) groups excluding carboxylic acids is 1. The van der Waals surface area contributed by atoms with E-state index in [9.17, 15) is 9.18 Å². The van der Waals surface area contributed by atoms with Gasteiger partial charge >= 0.3 is 0 Å². The van der Waals surface area contributed by atoms with E-state index in [-0.39, 0.29) is 23.6 Å². The fourth-order valence-corrected chi connectivity index (χ4v) is 3.19. The Hall–Kier alpha value is -3.13. The highest BCUT2D eigenvalue weighted by Gasteiger charge is 2.21. The molecule has 1 amide bonds. The summed E-state index contributed by atoms with van der Waals surface area (Å²) in [5.74, 6) is -0.104. The van der Waals surface area contributed by atoms with Gasteiger partial charge in [-0.2, -0.15) is 0 Å². The minimum atomic E-state index is -0.387. The Balaban J connectivity index is 1.56. The van der Waals surface area contributed by atoms with Crippen LogP contribution in [-0.2, 0) is 4.74 Å². The molecule has 7 nitrogen and oxygen atoms in total. The number of nitrogen functional groups attached to an aromatic ring is 1. The molecule has 3 heterocycles. The number of carbonyl (C=O) groups is 1. The molecule has 1 saturated heterocycles. The van der Waals surface area contributed by atoms with Crippen LogP contribution in [0.15, 0.2) is 41.1 Å². The second-order valence-electron chi connectivity index (χ2n) is 6.43. The molecule has 2 aromatic heterocycles. The molecule has 1 aliphatic heterocycles. The van der Waals surface area contributed by atoms with Crippen molar-refractivity contribution in [3.05, 3.63) is 48.0 Å². The molecule has 3 aromatic rings. The molecule has 1 fully saturated rings. The zero-order chi connectivity index (χ0) is 18.8. The Morgan fingerprint density at radius 1 is 1.37 bits per heavy atom. The first-order chi connectivity index (χ1) is 13.1. The lowest BCUT2D eigenvalue weighted by Gasteiger charge is -2.09. The molecule has 4 rings (SSSR count). The molecule has 1 atom stereocenters. The zero-order valence-corrected chi connectivity index (χ0v) is 14.5. The van der Waals surface area contributed by atoms with Crippen molar-refractivity contribution in [1.29, 1.82) is 0 Å². The van der Waals surface area contributed by atoms with Gasteiger partial charge in [0.05, 0.1) is 11.7 Å². The maximum Gasteiger partial charge on any atom is 0.267 e. The monoisotopic (exact) mass is 370 g/mol. The third-order valence-corrected chi connectivity index (χ3v) is 4.54. The van der Waals surface area contributed by atoms with E-state index in [1.54, 1.807) is 24.4 Å². The van der Waals surface area contributed by atoms with Crippen molar-refractivity contribution in [2.45, 2.75) is 18.9 Å². The molecule has 1 unspecified atom stereocenters. The normalized spacial score (nSPS) is 16.6. The van der Waals surface area contributed by atoms with Gasteiger partial charge in [0, 0.05) is 24.9 Å². The smallest absolute Gasteiger partial charge is 0.267 e. The number of rotatable bonds is 5. The summed E-state index contributed by atoms with van der Waals surface area (Å²) < 4.78 is 24.4. The van der Waals surface area contributed by atoms with Crippen LogP contribution < -0.4 is 11.1 Å². The van der Waals surface area contributed by atoms with Gasteiger partial charge < -0.3 is 25.3 Å². The van der Waals surface area contributed by atoms with E-state index in [2.05, 4.69) is 15.5 Å². The Bertz CT molecular complexity index is 960. The van der Waals surface area contributed by atoms with Gasteiger partial charge in [-0.25, -0.2) is 4.39 Å². The van der Waals surface area contributed by atoms with Crippen LogP contribution in [-0.4, -0.2) is 35.3 Å². The number of amides is 1. The number of anilines is 1. The largest absolute Gasteiger partial charge is 0.380 e. The third-order valence-electron chi connectivity index (χ3n) is 4.54. The summed E-state index contributed by atoms with van der Waals surface area (Å²) in [6, 6.07) is 7.65. The van der Waals surface area contributed by atoms with Crippen LogP contribution in [0.4, 0.5) is 10.2 Å². The first-order valence-electron chi connectivity index (χ1n) is 8.71. The van der Waals surface area contributed by atoms with Crippen LogP contribution in [0.25, 0.3) is 22.5 Å².